The maximum absolute atomic E-state index is 12.5. The van der Waals surface area contributed by atoms with Gasteiger partial charge in [-0.05, 0) is 38.1 Å². The average Bonchev–Trinajstić information content (AvgIpc) is 3.25. The summed E-state index contributed by atoms with van der Waals surface area (Å²) in [5.74, 6) is 0.886. The lowest BCUT2D eigenvalue weighted by atomic mass is 10.1. The van der Waals surface area contributed by atoms with Crippen molar-refractivity contribution in [1.82, 2.24) is 19.6 Å². The molecule has 0 aliphatic carbocycles. The van der Waals surface area contributed by atoms with Crippen molar-refractivity contribution in [3.63, 3.8) is 0 Å². The van der Waals surface area contributed by atoms with Crippen LogP contribution in [-0.4, -0.2) is 31.2 Å². The van der Waals surface area contributed by atoms with Crippen molar-refractivity contribution in [1.29, 1.82) is 0 Å². The second-order valence-electron chi connectivity index (χ2n) is 7.66. The number of carbonyl (C=O) groups is 1. The van der Waals surface area contributed by atoms with E-state index in [0.29, 0.717) is 10.7 Å². The molecule has 1 amide bonds. The summed E-state index contributed by atoms with van der Waals surface area (Å²) < 4.78 is 2.02. The van der Waals surface area contributed by atoms with Gasteiger partial charge < -0.3 is 5.32 Å². The lowest BCUT2D eigenvalue weighted by Crippen LogP contribution is -2.14. The van der Waals surface area contributed by atoms with Crippen LogP contribution in [0.4, 0.5) is 5.69 Å². The lowest BCUT2D eigenvalue weighted by molar-refractivity contribution is -0.113. The van der Waals surface area contributed by atoms with Gasteiger partial charge in [-0.2, -0.15) is 0 Å². The van der Waals surface area contributed by atoms with Crippen molar-refractivity contribution in [3.8, 4) is 11.4 Å². The molecule has 0 saturated heterocycles. The van der Waals surface area contributed by atoms with Gasteiger partial charge in [-0.1, -0.05) is 71.4 Å². The zero-order valence-electron chi connectivity index (χ0n) is 17.7. The molecule has 2 aromatic heterocycles. The van der Waals surface area contributed by atoms with E-state index in [-0.39, 0.29) is 11.7 Å². The van der Waals surface area contributed by atoms with E-state index in [4.69, 9.17) is 4.98 Å². The Kier molecular flexibility index (Phi) is 5.33. The van der Waals surface area contributed by atoms with Gasteiger partial charge in [0.1, 0.15) is 5.03 Å². The van der Waals surface area contributed by atoms with Gasteiger partial charge >= 0.3 is 0 Å². The van der Waals surface area contributed by atoms with E-state index >= 15 is 0 Å². The zero-order chi connectivity index (χ0) is 22.1. The van der Waals surface area contributed by atoms with Gasteiger partial charge in [-0.25, -0.2) is 4.98 Å². The minimum Gasteiger partial charge on any atom is -0.325 e. The number of hydrogen-bond acceptors (Lipinski definition) is 5. The minimum absolute atomic E-state index is 0.0924. The van der Waals surface area contributed by atoms with Gasteiger partial charge in [-0.3, -0.25) is 9.20 Å². The molecule has 6 nitrogen and oxygen atoms in total. The molecule has 0 fully saturated rings. The van der Waals surface area contributed by atoms with Crippen LogP contribution >= 0.6 is 11.8 Å². The minimum atomic E-state index is -0.0924. The zero-order valence-corrected chi connectivity index (χ0v) is 18.6. The summed E-state index contributed by atoms with van der Waals surface area (Å²) in [6.07, 6.45) is 0. The number of para-hydroxylation sites is 2. The van der Waals surface area contributed by atoms with Crippen molar-refractivity contribution in [3.05, 3.63) is 83.9 Å². The number of fused-ring (bicyclic) bond motifs is 3. The first-order chi connectivity index (χ1) is 15.6. The number of aromatic nitrogens is 4. The Morgan fingerprint density at radius 3 is 2.34 bits per heavy atom. The Hall–Kier alpha value is -3.71. The normalized spacial score (nSPS) is 11.2. The highest BCUT2D eigenvalue weighted by atomic mass is 32.2. The number of carbonyl (C=O) groups excluding carboxylic acids is 1. The molecule has 0 radical (unpaired) electrons. The first kappa shape index (κ1) is 20.2. The fourth-order valence-corrected chi connectivity index (χ4v) is 4.28. The van der Waals surface area contributed by atoms with Crippen LogP contribution in [0.1, 0.15) is 11.1 Å². The highest BCUT2D eigenvalue weighted by Crippen LogP contribution is 2.29. The molecule has 5 aromatic rings. The van der Waals surface area contributed by atoms with Crippen molar-refractivity contribution in [2.45, 2.75) is 18.9 Å². The van der Waals surface area contributed by atoms with E-state index in [1.807, 2.05) is 72.0 Å². The maximum atomic E-state index is 12.5. The molecule has 1 N–H and O–H groups in total. The van der Waals surface area contributed by atoms with E-state index in [1.54, 1.807) is 0 Å². The molecule has 3 aromatic carbocycles. The second-order valence-corrected chi connectivity index (χ2v) is 8.62. The van der Waals surface area contributed by atoms with Gasteiger partial charge in [0.2, 0.25) is 5.91 Å². The number of anilines is 1. The standard InChI is InChI=1S/C25H21N5OS/c1-16-7-11-18(12-8-16)23-28-29-24-25(27-20-5-3-4-6-21(20)30(23)24)32-15-22(31)26-19-13-9-17(2)10-14-19/h3-14H,15H2,1-2H3,(H,26,31). The second kappa shape index (κ2) is 8.43. The van der Waals surface area contributed by atoms with Crippen LogP contribution in [0.15, 0.2) is 77.8 Å². The third-order valence-electron chi connectivity index (χ3n) is 5.18. The van der Waals surface area contributed by atoms with Gasteiger partial charge in [0.25, 0.3) is 0 Å². The van der Waals surface area contributed by atoms with Gasteiger partial charge in [-0.15, -0.1) is 10.2 Å². The average molecular weight is 440 g/mol. The van der Waals surface area contributed by atoms with Crippen molar-refractivity contribution in [2.75, 3.05) is 11.1 Å². The summed E-state index contributed by atoms with van der Waals surface area (Å²) in [6, 6.07) is 23.9. The molecule has 0 aliphatic rings. The number of thioether (sulfide) groups is 1. The molecule has 7 heteroatoms. The predicted molar refractivity (Wildman–Crippen MR) is 129 cm³/mol. The Morgan fingerprint density at radius 1 is 0.906 bits per heavy atom. The van der Waals surface area contributed by atoms with E-state index < -0.39 is 0 Å². The molecular formula is C25H21N5OS. The Balaban J connectivity index is 1.49. The molecule has 2 heterocycles. The lowest BCUT2D eigenvalue weighted by Gasteiger charge is -2.09. The third-order valence-corrected chi connectivity index (χ3v) is 6.14. The van der Waals surface area contributed by atoms with Gasteiger partial charge in [0.15, 0.2) is 11.5 Å². The predicted octanol–water partition coefficient (Wildman–Crippen LogP) is 5.29. The smallest absolute Gasteiger partial charge is 0.234 e. The fourth-order valence-electron chi connectivity index (χ4n) is 3.51. The number of amides is 1. The van der Waals surface area contributed by atoms with Crippen LogP contribution in [0, 0.1) is 13.8 Å². The monoisotopic (exact) mass is 439 g/mol. The molecule has 158 valence electrons. The van der Waals surface area contributed by atoms with Crippen molar-refractivity contribution < 1.29 is 4.79 Å². The highest BCUT2D eigenvalue weighted by Gasteiger charge is 2.17. The Labute approximate surface area is 189 Å². The molecule has 5 rings (SSSR count). The van der Waals surface area contributed by atoms with Crippen LogP contribution in [0.25, 0.3) is 28.1 Å². The maximum Gasteiger partial charge on any atom is 0.234 e. The summed E-state index contributed by atoms with van der Waals surface area (Å²) >= 11 is 1.36. The van der Waals surface area contributed by atoms with E-state index in [0.717, 1.165) is 33.7 Å². The largest absolute Gasteiger partial charge is 0.325 e. The van der Waals surface area contributed by atoms with Crippen molar-refractivity contribution in [2.24, 2.45) is 0 Å². The van der Waals surface area contributed by atoms with Crippen molar-refractivity contribution >= 4 is 40.0 Å². The number of aryl methyl sites for hydroxylation is 2. The summed E-state index contributed by atoms with van der Waals surface area (Å²) in [7, 11) is 0. The highest BCUT2D eigenvalue weighted by molar-refractivity contribution is 8.00. The van der Waals surface area contributed by atoms with Crippen LogP contribution in [0.2, 0.25) is 0 Å². The summed E-state index contributed by atoms with van der Waals surface area (Å²) in [5, 5.41) is 12.5. The van der Waals surface area contributed by atoms with Crippen LogP contribution in [0.3, 0.4) is 0 Å². The number of nitrogens with zero attached hydrogens (tertiary/aromatic N) is 4. The summed E-state index contributed by atoms with van der Waals surface area (Å²) in [5.41, 5.74) is 6.49. The van der Waals surface area contributed by atoms with Crippen LogP contribution < -0.4 is 5.32 Å². The first-order valence-corrected chi connectivity index (χ1v) is 11.3. The number of hydrogen-bond donors (Lipinski definition) is 1. The van der Waals surface area contributed by atoms with Gasteiger partial charge in [0.05, 0.1) is 16.8 Å². The van der Waals surface area contributed by atoms with Crippen LogP contribution in [0.5, 0.6) is 0 Å². The van der Waals surface area contributed by atoms with E-state index in [9.17, 15) is 4.79 Å². The molecule has 0 atom stereocenters. The number of rotatable bonds is 5. The van der Waals surface area contributed by atoms with Crippen LogP contribution in [-0.2, 0) is 4.79 Å². The Bertz CT molecular complexity index is 1430. The molecule has 0 spiro atoms. The molecular weight excluding hydrogens is 418 g/mol. The summed E-state index contributed by atoms with van der Waals surface area (Å²) in [4.78, 5) is 17.3. The first-order valence-electron chi connectivity index (χ1n) is 10.3. The molecule has 32 heavy (non-hydrogen) atoms. The molecule has 0 unspecified atom stereocenters. The molecule has 0 aliphatic heterocycles. The fraction of sp³-hybridized carbons (Fsp3) is 0.120. The number of benzene rings is 3. The van der Waals surface area contributed by atoms with E-state index in [1.165, 1.54) is 17.3 Å². The van der Waals surface area contributed by atoms with Gasteiger partial charge in [0, 0.05) is 11.3 Å². The quantitative estimate of drug-likeness (QED) is 0.377. The molecule has 0 bridgehead atoms. The topological polar surface area (TPSA) is 72.2 Å². The number of nitrogens with one attached hydrogen (secondary N) is 1. The molecule has 0 saturated carbocycles. The Morgan fingerprint density at radius 2 is 1.59 bits per heavy atom. The third kappa shape index (κ3) is 3.94. The summed E-state index contributed by atoms with van der Waals surface area (Å²) in [6.45, 7) is 4.07. The van der Waals surface area contributed by atoms with E-state index in [2.05, 4.69) is 34.6 Å². The SMILES string of the molecule is Cc1ccc(NC(=O)CSc2nc3ccccc3n3c(-c4ccc(C)cc4)nnc23)cc1.